The molecule has 0 aromatic heterocycles. The normalized spacial score (nSPS) is 15.5. The van der Waals surface area contributed by atoms with Gasteiger partial charge in [0.25, 0.3) is 0 Å². The van der Waals surface area contributed by atoms with Crippen LogP contribution >= 0.6 is 7.82 Å². The maximum absolute atomic E-state index is 12.8. The number of esters is 2. The molecule has 2 N–H and O–H groups in total. The highest BCUT2D eigenvalue weighted by Gasteiger charge is 2.49. The minimum absolute atomic E-state index is 0.0459. The molecule has 0 atom stereocenters. The lowest BCUT2D eigenvalue weighted by Crippen LogP contribution is -2.62. The summed E-state index contributed by atoms with van der Waals surface area (Å²) < 4.78 is 23.4. The highest BCUT2D eigenvalue weighted by atomic mass is 31.2. The van der Waals surface area contributed by atoms with Crippen LogP contribution in [0.4, 0.5) is 5.69 Å². The van der Waals surface area contributed by atoms with E-state index in [0.717, 1.165) is 0 Å². The topological polar surface area (TPSA) is 143 Å². The van der Waals surface area contributed by atoms with E-state index in [0.29, 0.717) is 51.0 Å². The number of hydrogen-bond donors (Lipinski definition) is 2. The third kappa shape index (κ3) is 8.81. The molecule has 0 radical (unpaired) electrons. The van der Waals surface area contributed by atoms with Gasteiger partial charge in [-0.2, -0.15) is 0 Å². The van der Waals surface area contributed by atoms with Gasteiger partial charge in [0.1, 0.15) is 5.54 Å². The summed E-state index contributed by atoms with van der Waals surface area (Å²) in [5, 5.41) is 0. The molecule has 1 heterocycles. The van der Waals surface area contributed by atoms with Crippen LogP contribution < -0.4 is 4.90 Å². The zero-order chi connectivity index (χ0) is 25.8. The number of methoxy groups -OCH3 is 2. The van der Waals surface area contributed by atoms with Crippen LogP contribution in [0.25, 0.3) is 0 Å². The van der Waals surface area contributed by atoms with Crippen molar-refractivity contribution >= 4 is 31.4 Å². The minimum atomic E-state index is -4.17. The Balaban J connectivity index is 0.000000718. The van der Waals surface area contributed by atoms with Crippen molar-refractivity contribution < 1.29 is 42.7 Å². The number of phosphoric ester groups is 1. The second-order valence-electron chi connectivity index (χ2n) is 7.52. The zero-order valence-corrected chi connectivity index (χ0v) is 21.0. The van der Waals surface area contributed by atoms with E-state index in [2.05, 4.69) is 14.2 Å². The lowest BCUT2D eigenvalue weighted by Gasteiger charge is -2.46. The fourth-order valence-electron chi connectivity index (χ4n) is 3.74. The van der Waals surface area contributed by atoms with Gasteiger partial charge in [-0.15, -0.1) is 0 Å². The summed E-state index contributed by atoms with van der Waals surface area (Å²) in [5.41, 5.74) is -0.344. The number of anilines is 1. The fourth-order valence-corrected chi connectivity index (χ4v) is 4.08. The monoisotopic (exact) mass is 502 g/mol. The van der Waals surface area contributed by atoms with Crippen molar-refractivity contribution in [3.63, 3.8) is 0 Å². The van der Waals surface area contributed by atoms with Crippen molar-refractivity contribution in [2.45, 2.75) is 45.1 Å². The first-order chi connectivity index (χ1) is 16.0. The van der Waals surface area contributed by atoms with Crippen LogP contribution in [-0.4, -0.2) is 78.5 Å². The largest absolute Gasteiger partial charge is 0.469 e. The first-order valence-electron chi connectivity index (χ1n) is 11.0. The summed E-state index contributed by atoms with van der Waals surface area (Å²) in [4.78, 5) is 56.6. The first kappa shape index (κ1) is 29.7. The van der Waals surface area contributed by atoms with Crippen molar-refractivity contribution in [3.05, 3.63) is 30.3 Å². The van der Waals surface area contributed by atoms with Crippen LogP contribution in [-0.2, 0) is 32.9 Å². The lowest BCUT2D eigenvalue weighted by atomic mass is 9.84. The molecule has 1 fully saturated rings. The van der Waals surface area contributed by atoms with E-state index in [1.807, 2.05) is 30.3 Å². The number of amides is 1. The highest BCUT2D eigenvalue weighted by molar-refractivity contribution is 7.46. The van der Waals surface area contributed by atoms with E-state index in [1.165, 1.54) is 21.1 Å². The van der Waals surface area contributed by atoms with E-state index in [-0.39, 0.29) is 18.5 Å². The molecule has 2 rings (SSSR count). The number of likely N-dealkylation sites (tertiary alicyclic amines) is 1. The van der Waals surface area contributed by atoms with Gasteiger partial charge in [-0.1, -0.05) is 25.1 Å². The van der Waals surface area contributed by atoms with E-state index < -0.39 is 19.3 Å². The predicted octanol–water partition coefficient (Wildman–Crippen LogP) is 2.12. The van der Waals surface area contributed by atoms with Crippen molar-refractivity contribution in [2.75, 3.05) is 45.4 Å². The summed E-state index contributed by atoms with van der Waals surface area (Å²) in [6.45, 7) is 5.09. The maximum Gasteiger partial charge on any atom is 0.469 e. The second-order valence-corrected chi connectivity index (χ2v) is 8.76. The second kappa shape index (κ2) is 14.2. The molecule has 1 aromatic rings. The molecule has 0 saturated carbocycles. The van der Waals surface area contributed by atoms with Gasteiger partial charge in [0.15, 0.2) is 0 Å². The van der Waals surface area contributed by atoms with Crippen molar-refractivity contribution in [1.82, 2.24) is 4.90 Å². The maximum atomic E-state index is 12.8. The molecule has 0 aliphatic carbocycles. The molecule has 0 unspecified atom stereocenters. The van der Waals surface area contributed by atoms with Crippen molar-refractivity contribution in [1.29, 1.82) is 0 Å². The van der Waals surface area contributed by atoms with Gasteiger partial charge in [-0.3, -0.25) is 19.0 Å². The average molecular weight is 503 g/mol. The first-order valence-corrected chi connectivity index (χ1v) is 12.5. The number of carbonyl (C=O) groups is 3. The Kier molecular flexibility index (Phi) is 12.4. The lowest BCUT2D eigenvalue weighted by molar-refractivity contribution is -0.151. The van der Waals surface area contributed by atoms with Gasteiger partial charge < -0.3 is 24.2 Å². The van der Waals surface area contributed by atoms with Gasteiger partial charge in [0.05, 0.1) is 27.2 Å². The molecule has 1 amide bonds. The third-order valence-electron chi connectivity index (χ3n) is 5.40. The summed E-state index contributed by atoms with van der Waals surface area (Å²) in [5.74, 6) is -0.776. The van der Waals surface area contributed by atoms with Crippen LogP contribution in [0, 0.1) is 0 Å². The number of piperidine rings is 1. The number of para-hydroxylation sites is 1. The zero-order valence-electron chi connectivity index (χ0n) is 20.1. The van der Waals surface area contributed by atoms with Crippen LogP contribution in [0.5, 0.6) is 0 Å². The number of phosphoric acid groups is 1. The minimum Gasteiger partial charge on any atom is -0.469 e. The number of nitrogens with zero attached hydrogens (tertiary/aromatic N) is 2. The van der Waals surface area contributed by atoms with Gasteiger partial charge in [0.2, 0.25) is 5.91 Å². The van der Waals surface area contributed by atoms with E-state index in [4.69, 9.17) is 14.5 Å². The molecular weight excluding hydrogens is 467 g/mol. The van der Waals surface area contributed by atoms with E-state index in [9.17, 15) is 18.9 Å². The fraction of sp³-hybridized carbons (Fsp3) is 0.591. The molecular formula is C22H35N2O9P. The van der Waals surface area contributed by atoms with Crippen LogP contribution in [0.2, 0.25) is 0 Å². The SMILES string of the molecule is CCC(=O)N(c1ccccc1)C1(C(=O)OC)CCN(CCC(=O)OC)CC1.CCOP(=O)(O)O. The molecule has 1 aromatic carbocycles. The highest BCUT2D eigenvalue weighted by Crippen LogP contribution is 2.36. The molecule has 34 heavy (non-hydrogen) atoms. The molecule has 1 saturated heterocycles. The van der Waals surface area contributed by atoms with Gasteiger partial charge in [-0.25, -0.2) is 9.36 Å². The molecule has 192 valence electrons. The summed E-state index contributed by atoms with van der Waals surface area (Å²) in [7, 11) is -1.44. The Labute approximate surface area is 200 Å². The summed E-state index contributed by atoms with van der Waals surface area (Å²) in [6.07, 6.45) is 1.49. The number of ether oxygens (including phenoxy) is 2. The van der Waals surface area contributed by atoms with Crippen LogP contribution in [0.1, 0.15) is 39.5 Å². The Morgan fingerprint density at radius 2 is 1.65 bits per heavy atom. The Bertz CT molecular complexity index is 836. The van der Waals surface area contributed by atoms with Crippen LogP contribution in [0.3, 0.4) is 0 Å². The number of hydrogen-bond acceptors (Lipinski definition) is 8. The Hall–Kier alpha value is -2.30. The van der Waals surface area contributed by atoms with Crippen LogP contribution in [0.15, 0.2) is 30.3 Å². The van der Waals surface area contributed by atoms with E-state index in [1.54, 1.807) is 11.8 Å². The summed E-state index contributed by atoms with van der Waals surface area (Å²) in [6, 6.07) is 9.24. The van der Waals surface area contributed by atoms with E-state index >= 15 is 0 Å². The molecule has 0 spiro atoms. The molecule has 12 heteroatoms. The molecule has 11 nitrogen and oxygen atoms in total. The standard InChI is InChI=1S/C20H28N2O5.C2H7O4P/c1-4-17(23)22(16-8-6-5-7-9-16)20(19(25)27-3)11-14-21(15-12-20)13-10-18(24)26-2;1-2-6-7(3,4)5/h5-9H,4,10-15H2,1-3H3;2H2,1H3,(H2,3,4,5). The Morgan fingerprint density at radius 1 is 1.06 bits per heavy atom. The Morgan fingerprint density at radius 3 is 2.06 bits per heavy atom. The smallest absolute Gasteiger partial charge is 0.469 e. The molecule has 1 aliphatic rings. The van der Waals surface area contributed by atoms with Gasteiger partial charge in [0, 0.05) is 31.7 Å². The predicted molar refractivity (Wildman–Crippen MR) is 125 cm³/mol. The number of benzene rings is 1. The summed E-state index contributed by atoms with van der Waals surface area (Å²) >= 11 is 0. The van der Waals surface area contributed by atoms with Crippen molar-refractivity contribution in [3.8, 4) is 0 Å². The molecule has 0 bridgehead atoms. The molecule has 1 aliphatic heterocycles. The quantitative estimate of drug-likeness (QED) is 0.381. The number of rotatable bonds is 9. The third-order valence-corrected chi connectivity index (χ3v) is 5.99. The average Bonchev–Trinajstić information content (AvgIpc) is 2.83. The van der Waals surface area contributed by atoms with Gasteiger partial charge in [-0.05, 0) is 31.9 Å². The number of carbonyl (C=O) groups excluding carboxylic acids is 3. The van der Waals surface area contributed by atoms with Gasteiger partial charge >= 0.3 is 19.8 Å². The van der Waals surface area contributed by atoms with Crippen molar-refractivity contribution in [2.24, 2.45) is 0 Å².